The third-order valence-corrected chi connectivity index (χ3v) is 2.54. The molecule has 2 amide bonds. The van der Waals surface area contributed by atoms with E-state index in [0.717, 1.165) is 6.54 Å². The van der Waals surface area contributed by atoms with Crippen molar-refractivity contribution in [2.45, 2.75) is 32.7 Å². The van der Waals surface area contributed by atoms with E-state index in [0.29, 0.717) is 19.4 Å². The van der Waals surface area contributed by atoms with Gasteiger partial charge < -0.3 is 20.6 Å². The summed E-state index contributed by atoms with van der Waals surface area (Å²) < 4.78 is 0. The van der Waals surface area contributed by atoms with Crippen LogP contribution >= 0.6 is 0 Å². The minimum absolute atomic E-state index is 0.0814. The predicted octanol–water partition coefficient (Wildman–Crippen LogP) is 0.737. The van der Waals surface area contributed by atoms with Crippen molar-refractivity contribution in [1.29, 1.82) is 0 Å². The van der Waals surface area contributed by atoms with E-state index in [4.69, 9.17) is 5.11 Å². The highest BCUT2D eigenvalue weighted by Crippen LogP contribution is 2.03. The minimum atomic E-state index is -0.793. The van der Waals surface area contributed by atoms with Crippen molar-refractivity contribution in [3.63, 3.8) is 0 Å². The normalized spacial score (nSPS) is 14.1. The summed E-state index contributed by atoms with van der Waals surface area (Å²) in [6, 6.07) is -0.120. The number of carbonyl (C=O) groups excluding carboxylic acids is 1. The largest absolute Gasteiger partial charge is 0.481 e. The number of hydrogen-bond donors (Lipinski definition) is 3. The number of hydrogen-bond acceptors (Lipinski definition) is 3. The van der Waals surface area contributed by atoms with Crippen molar-refractivity contribution in [2.75, 3.05) is 27.2 Å². The Kier molecular flexibility index (Phi) is 8.11. The van der Waals surface area contributed by atoms with Crippen molar-refractivity contribution < 1.29 is 14.7 Å². The SMILES string of the molecule is CC(CN(C)C)NC(=O)NCCCC(C)C(=O)O. The van der Waals surface area contributed by atoms with Crippen molar-refractivity contribution in [2.24, 2.45) is 5.92 Å². The number of carboxylic acids is 1. The van der Waals surface area contributed by atoms with Gasteiger partial charge in [0, 0.05) is 19.1 Å². The second-order valence-electron chi connectivity index (χ2n) is 4.95. The molecular formula is C12H25N3O3. The van der Waals surface area contributed by atoms with Crippen LogP contribution in [-0.4, -0.2) is 55.2 Å². The summed E-state index contributed by atoms with van der Waals surface area (Å²) in [6.45, 7) is 4.88. The Bertz CT molecular complexity index is 269. The number of carbonyl (C=O) groups is 2. The molecule has 18 heavy (non-hydrogen) atoms. The lowest BCUT2D eigenvalue weighted by atomic mass is 10.1. The molecule has 2 unspecified atom stereocenters. The first kappa shape index (κ1) is 16.7. The number of amides is 2. The zero-order valence-corrected chi connectivity index (χ0v) is 11.7. The Morgan fingerprint density at radius 1 is 1.28 bits per heavy atom. The number of nitrogens with zero attached hydrogens (tertiary/aromatic N) is 1. The topological polar surface area (TPSA) is 81.7 Å². The zero-order chi connectivity index (χ0) is 14.1. The Hall–Kier alpha value is -1.30. The Morgan fingerprint density at radius 2 is 1.89 bits per heavy atom. The van der Waals surface area contributed by atoms with Gasteiger partial charge in [-0.05, 0) is 33.9 Å². The summed E-state index contributed by atoms with van der Waals surface area (Å²) in [5.74, 6) is -1.15. The first-order valence-electron chi connectivity index (χ1n) is 6.24. The molecule has 0 bridgehead atoms. The van der Waals surface area contributed by atoms with Gasteiger partial charge in [-0.2, -0.15) is 0 Å². The lowest BCUT2D eigenvalue weighted by Gasteiger charge is -2.18. The van der Waals surface area contributed by atoms with Gasteiger partial charge in [-0.15, -0.1) is 0 Å². The molecule has 6 nitrogen and oxygen atoms in total. The molecule has 0 aromatic heterocycles. The summed E-state index contributed by atoms with van der Waals surface area (Å²) in [7, 11) is 3.90. The van der Waals surface area contributed by atoms with Crippen molar-refractivity contribution in [3.8, 4) is 0 Å². The molecule has 0 heterocycles. The summed E-state index contributed by atoms with van der Waals surface area (Å²) in [6.07, 6.45) is 1.24. The van der Waals surface area contributed by atoms with Gasteiger partial charge in [-0.25, -0.2) is 4.79 Å². The molecule has 6 heteroatoms. The van der Waals surface area contributed by atoms with Gasteiger partial charge in [0.1, 0.15) is 0 Å². The summed E-state index contributed by atoms with van der Waals surface area (Å²) in [5, 5.41) is 14.2. The van der Waals surface area contributed by atoms with Crippen LogP contribution in [0.1, 0.15) is 26.7 Å². The zero-order valence-electron chi connectivity index (χ0n) is 11.7. The Labute approximate surface area is 109 Å². The highest BCUT2D eigenvalue weighted by molar-refractivity contribution is 5.74. The van der Waals surface area contributed by atoms with Crippen LogP contribution in [0.15, 0.2) is 0 Å². The average Bonchev–Trinajstić information content (AvgIpc) is 2.22. The average molecular weight is 259 g/mol. The minimum Gasteiger partial charge on any atom is -0.481 e. The van der Waals surface area contributed by atoms with Crippen LogP contribution < -0.4 is 10.6 Å². The maximum Gasteiger partial charge on any atom is 0.315 e. The number of nitrogens with one attached hydrogen (secondary N) is 2. The molecule has 0 aliphatic carbocycles. The third kappa shape index (κ3) is 8.81. The van der Waals surface area contributed by atoms with Crippen LogP contribution in [0.4, 0.5) is 4.79 Å². The smallest absolute Gasteiger partial charge is 0.315 e. The highest BCUT2D eigenvalue weighted by atomic mass is 16.4. The quantitative estimate of drug-likeness (QED) is 0.561. The molecule has 0 aliphatic heterocycles. The van der Waals surface area contributed by atoms with Crippen LogP contribution in [0.5, 0.6) is 0 Å². The maximum absolute atomic E-state index is 11.5. The van der Waals surface area contributed by atoms with Gasteiger partial charge in [-0.3, -0.25) is 4.79 Å². The third-order valence-electron chi connectivity index (χ3n) is 2.54. The Balaban J connectivity index is 3.62. The second kappa shape index (κ2) is 8.74. The number of aliphatic carboxylic acids is 1. The second-order valence-corrected chi connectivity index (χ2v) is 4.95. The van der Waals surface area contributed by atoms with E-state index < -0.39 is 5.97 Å². The Morgan fingerprint density at radius 3 is 2.39 bits per heavy atom. The molecule has 0 saturated heterocycles. The van der Waals surface area contributed by atoms with Gasteiger partial charge in [0.25, 0.3) is 0 Å². The summed E-state index contributed by atoms with van der Waals surface area (Å²) in [5.41, 5.74) is 0. The number of rotatable bonds is 8. The number of likely N-dealkylation sites (N-methyl/N-ethyl adjacent to an activating group) is 1. The fourth-order valence-electron chi connectivity index (χ4n) is 1.60. The van der Waals surface area contributed by atoms with E-state index in [-0.39, 0.29) is 18.0 Å². The van der Waals surface area contributed by atoms with Gasteiger partial charge >= 0.3 is 12.0 Å². The van der Waals surface area contributed by atoms with Crippen LogP contribution in [-0.2, 0) is 4.79 Å². The summed E-state index contributed by atoms with van der Waals surface area (Å²) in [4.78, 5) is 24.0. The molecule has 3 N–H and O–H groups in total. The molecule has 0 aromatic rings. The van der Waals surface area contributed by atoms with Gasteiger partial charge in [0.05, 0.1) is 5.92 Å². The molecule has 0 saturated carbocycles. The fraction of sp³-hybridized carbons (Fsp3) is 0.833. The predicted molar refractivity (Wildman–Crippen MR) is 70.6 cm³/mol. The van der Waals surface area contributed by atoms with Crippen LogP contribution in [0, 0.1) is 5.92 Å². The fourth-order valence-corrected chi connectivity index (χ4v) is 1.60. The first-order chi connectivity index (χ1) is 8.32. The van der Waals surface area contributed by atoms with Crippen LogP contribution in [0.25, 0.3) is 0 Å². The standard InChI is InChI=1S/C12H25N3O3/c1-9(11(16)17)6-5-7-13-12(18)14-10(2)8-15(3)4/h9-10H,5-8H2,1-4H3,(H,16,17)(H2,13,14,18). The monoisotopic (exact) mass is 259 g/mol. The molecule has 0 rings (SSSR count). The van der Waals surface area contributed by atoms with Gasteiger partial charge in [0.15, 0.2) is 0 Å². The molecule has 106 valence electrons. The lowest BCUT2D eigenvalue weighted by molar-refractivity contribution is -0.141. The molecule has 2 atom stereocenters. The van der Waals surface area contributed by atoms with Gasteiger partial charge in [-0.1, -0.05) is 6.92 Å². The van der Waals surface area contributed by atoms with Crippen LogP contribution in [0.2, 0.25) is 0 Å². The van der Waals surface area contributed by atoms with E-state index in [1.165, 1.54) is 0 Å². The maximum atomic E-state index is 11.5. The number of urea groups is 1. The van der Waals surface area contributed by atoms with Crippen molar-refractivity contribution in [3.05, 3.63) is 0 Å². The van der Waals surface area contributed by atoms with Crippen molar-refractivity contribution >= 4 is 12.0 Å². The van der Waals surface area contributed by atoms with E-state index in [1.54, 1.807) is 6.92 Å². The molecule has 0 fully saturated rings. The summed E-state index contributed by atoms with van der Waals surface area (Å²) >= 11 is 0. The van der Waals surface area contributed by atoms with E-state index >= 15 is 0 Å². The molecular weight excluding hydrogens is 234 g/mol. The van der Waals surface area contributed by atoms with E-state index in [2.05, 4.69) is 10.6 Å². The highest BCUT2D eigenvalue weighted by Gasteiger charge is 2.11. The molecule has 0 spiro atoms. The first-order valence-corrected chi connectivity index (χ1v) is 6.24. The van der Waals surface area contributed by atoms with Gasteiger partial charge in [0.2, 0.25) is 0 Å². The van der Waals surface area contributed by atoms with Crippen LogP contribution in [0.3, 0.4) is 0 Å². The van der Waals surface area contributed by atoms with E-state index in [9.17, 15) is 9.59 Å². The van der Waals surface area contributed by atoms with E-state index in [1.807, 2.05) is 25.9 Å². The molecule has 0 radical (unpaired) electrons. The lowest BCUT2D eigenvalue weighted by Crippen LogP contribution is -2.45. The number of carboxylic acid groups (broad SMARTS) is 1. The molecule has 0 aliphatic rings. The molecule has 0 aromatic carbocycles. The van der Waals surface area contributed by atoms with Crippen molar-refractivity contribution in [1.82, 2.24) is 15.5 Å².